The van der Waals surface area contributed by atoms with Crippen LogP contribution < -0.4 is 4.74 Å². The van der Waals surface area contributed by atoms with Crippen LogP contribution in [-0.2, 0) is 13.0 Å². The molecule has 0 atom stereocenters. The molecular weight excluding hydrogens is 326 g/mol. The van der Waals surface area contributed by atoms with Gasteiger partial charge in [0, 0.05) is 50.1 Å². The summed E-state index contributed by atoms with van der Waals surface area (Å²) in [6, 6.07) is 7.67. The summed E-state index contributed by atoms with van der Waals surface area (Å²) in [5, 5.41) is 0. The second-order valence-electron chi connectivity index (χ2n) is 7.21. The van der Waals surface area contributed by atoms with Crippen LogP contribution in [-0.4, -0.2) is 50.7 Å². The molecule has 26 heavy (non-hydrogen) atoms. The lowest BCUT2D eigenvalue weighted by molar-refractivity contribution is 0.130. The van der Waals surface area contributed by atoms with Crippen LogP contribution in [0, 0.1) is 0 Å². The molecule has 3 heterocycles. The third-order valence-corrected chi connectivity index (χ3v) is 5.80. The van der Waals surface area contributed by atoms with Crippen LogP contribution in [0.15, 0.2) is 30.6 Å². The Morgan fingerprint density at radius 2 is 1.88 bits per heavy atom. The summed E-state index contributed by atoms with van der Waals surface area (Å²) in [6.45, 7) is 3.30. The highest BCUT2D eigenvalue weighted by Crippen LogP contribution is 2.29. The number of imidazole rings is 1. The molecule has 6 nitrogen and oxygen atoms in total. The van der Waals surface area contributed by atoms with Crippen molar-refractivity contribution in [1.82, 2.24) is 24.4 Å². The SMILES string of the molecule is COc1ncc(-c2ccc3c(c2)nc2n3CCN(C3CCC3)CC2)cn1. The Morgan fingerprint density at radius 3 is 2.62 bits per heavy atom. The van der Waals surface area contributed by atoms with Gasteiger partial charge in [-0.2, -0.15) is 0 Å². The van der Waals surface area contributed by atoms with Crippen LogP contribution in [0.2, 0.25) is 0 Å². The highest BCUT2D eigenvalue weighted by atomic mass is 16.5. The van der Waals surface area contributed by atoms with Crippen LogP contribution >= 0.6 is 0 Å². The lowest BCUT2D eigenvalue weighted by Gasteiger charge is -2.36. The molecule has 0 amide bonds. The van der Waals surface area contributed by atoms with E-state index in [2.05, 4.69) is 37.6 Å². The Kier molecular flexibility index (Phi) is 3.85. The van der Waals surface area contributed by atoms with Crippen LogP contribution in [0.25, 0.3) is 22.2 Å². The van der Waals surface area contributed by atoms with E-state index in [-0.39, 0.29) is 0 Å². The summed E-state index contributed by atoms with van der Waals surface area (Å²) >= 11 is 0. The van der Waals surface area contributed by atoms with E-state index in [9.17, 15) is 0 Å². The third kappa shape index (κ3) is 2.65. The lowest BCUT2D eigenvalue weighted by Crippen LogP contribution is -2.41. The summed E-state index contributed by atoms with van der Waals surface area (Å²) in [4.78, 5) is 16.0. The maximum Gasteiger partial charge on any atom is 0.316 e. The number of nitrogens with zero attached hydrogens (tertiary/aromatic N) is 5. The molecule has 0 spiro atoms. The molecule has 0 bridgehead atoms. The number of rotatable bonds is 3. The van der Waals surface area contributed by atoms with Crippen LogP contribution in [0.5, 0.6) is 6.01 Å². The lowest BCUT2D eigenvalue weighted by atomic mass is 9.91. The predicted molar refractivity (Wildman–Crippen MR) is 100 cm³/mol. The van der Waals surface area contributed by atoms with Gasteiger partial charge in [-0.25, -0.2) is 15.0 Å². The predicted octanol–water partition coefficient (Wildman–Crippen LogP) is 2.91. The quantitative estimate of drug-likeness (QED) is 0.728. The molecule has 2 aromatic heterocycles. The number of aromatic nitrogens is 4. The first-order chi connectivity index (χ1) is 12.8. The van der Waals surface area contributed by atoms with Crippen LogP contribution in [0.4, 0.5) is 0 Å². The molecule has 1 aromatic carbocycles. The van der Waals surface area contributed by atoms with Crippen molar-refractivity contribution in [2.24, 2.45) is 0 Å². The molecule has 1 saturated carbocycles. The Hall–Kier alpha value is -2.47. The van der Waals surface area contributed by atoms with Gasteiger partial charge < -0.3 is 9.30 Å². The minimum atomic E-state index is 0.388. The van der Waals surface area contributed by atoms with E-state index in [4.69, 9.17) is 9.72 Å². The van der Waals surface area contributed by atoms with Gasteiger partial charge in [0.05, 0.1) is 18.1 Å². The van der Waals surface area contributed by atoms with Gasteiger partial charge in [0.1, 0.15) is 5.82 Å². The minimum Gasteiger partial charge on any atom is -0.467 e. The smallest absolute Gasteiger partial charge is 0.316 e. The summed E-state index contributed by atoms with van der Waals surface area (Å²) in [6.07, 6.45) is 8.76. The van der Waals surface area contributed by atoms with Gasteiger partial charge in [0.15, 0.2) is 0 Å². The van der Waals surface area contributed by atoms with E-state index in [0.29, 0.717) is 6.01 Å². The maximum atomic E-state index is 5.04. The molecule has 1 aliphatic carbocycles. The van der Waals surface area contributed by atoms with E-state index in [1.807, 2.05) is 0 Å². The van der Waals surface area contributed by atoms with Crippen molar-refractivity contribution < 1.29 is 4.74 Å². The van der Waals surface area contributed by atoms with E-state index < -0.39 is 0 Å². The number of benzene rings is 1. The zero-order valence-electron chi connectivity index (χ0n) is 15.1. The number of hydrogen-bond acceptors (Lipinski definition) is 5. The summed E-state index contributed by atoms with van der Waals surface area (Å²) < 4.78 is 7.44. The minimum absolute atomic E-state index is 0.388. The van der Waals surface area contributed by atoms with E-state index >= 15 is 0 Å². The molecule has 2 aliphatic rings. The fraction of sp³-hybridized carbons (Fsp3) is 0.450. The maximum absolute atomic E-state index is 5.04. The first-order valence-corrected chi connectivity index (χ1v) is 9.41. The second kappa shape index (κ2) is 6.36. The number of ether oxygens (including phenoxy) is 1. The third-order valence-electron chi connectivity index (χ3n) is 5.80. The molecular formula is C20H23N5O. The zero-order chi connectivity index (χ0) is 17.5. The largest absolute Gasteiger partial charge is 0.467 e. The molecule has 0 unspecified atom stereocenters. The number of hydrogen-bond donors (Lipinski definition) is 0. The Balaban J connectivity index is 1.44. The van der Waals surface area contributed by atoms with Crippen molar-refractivity contribution in [1.29, 1.82) is 0 Å². The molecule has 134 valence electrons. The van der Waals surface area contributed by atoms with E-state index in [0.717, 1.165) is 48.7 Å². The van der Waals surface area contributed by atoms with Gasteiger partial charge in [-0.15, -0.1) is 0 Å². The van der Waals surface area contributed by atoms with Crippen molar-refractivity contribution in [2.45, 2.75) is 38.3 Å². The normalized spacial score (nSPS) is 18.3. The van der Waals surface area contributed by atoms with Gasteiger partial charge in [0.25, 0.3) is 0 Å². The van der Waals surface area contributed by atoms with Gasteiger partial charge >= 0.3 is 6.01 Å². The standard InChI is InChI=1S/C20H23N5O/c1-26-20-21-12-15(13-22-20)14-5-6-18-17(11-14)23-19-7-8-24(9-10-25(18)19)16-3-2-4-16/h5-6,11-13,16H,2-4,7-10H2,1H3. The first-order valence-electron chi connectivity index (χ1n) is 9.41. The fourth-order valence-electron chi connectivity index (χ4n) is 4.07. The monoisotopic (exact) mass is 349 g/mol. The van der Waals surface area contributed by atoms with Crippen LogP contribution in [0.3, 0.4) is 0 Å². The van der Waals surface area contributed by atoms with Crippen molar-refractivity contribution in [3.63, 3.8) is 0 Å². The average Bonchev–Trinajstić information content (AvgIpc) is 2.86. The summed E-state index contributed by atoms with van der Waals surface area (Å²) in [5.41, 5.74) is 4.36. The molecule has 0 saturated heterocycles. The Labute approximate surface area is 152 Å². The molecule has 1 aliphatic heterocycles. The Morgan fingerprint density at radius 1 is 1.04 bits per heavy atom. The highest BCUT2D eigenvalue weighted by molar-refractivity contribution is 5.82. The van der Waals surface area contributed by atoms with Gasteiger partial charge in [-0.3, -0.25) is 4.90 Å². The van der Waals surface area contributed by atoms with E-state index in [1.54, 1.807) is 19.5 Å². The summed E-state index contributed by atoms with van der Waals surface area (Å²) in [7, 11) is 1.57. The molecule has 5 rings (SSSR count). The zero-order valence-corrected chi connectivity index (χ0v) is 15.1. The highest BCUT2D eigenvalue weighted by Gasteiger charge is 2.27. The van der Waals surface area contributed by atoms with Crippen molar-refractivity contribution in [3.8, 4) is 17.1 Å². The summed E-state index contributed by atoms with van der Waals surface area (Å²) in [5.74, 6) is 1.21. The molecule has 3 aromatic rings. The molecule has 6 heteroatoms. The number of methoxy groups -OCH3 is 1. The van der Waals surface area contributed by atoms with Gasteiger partial charge in [0.2, 0.25) is 0 Å². The Bertz CT molecular complexity index is 929. The molecule has 0 N–H and O–H groups in total. The number of fused-ring (bicyclic) bond motifs is 3. The molecule has 0 radical (unpaired) electrons. The van der Waals surface area contributed by atoms with E-state index in [1.165, 1.54) is 30.6 Å². The average molecular weight is 349 g/mol. The fourth-order valence-corrected chi connectivity index (χ4v) is 4.07. The van der Waals surface area contributed by atoms with Crippen molar-refractivity contribution in [2.75, 3.05) is 20.2 Å². The first kappa shape index (κ1) is 15.8. The molecule has 1 fully saturated rings. The van der Waals surface area contributed by atoms with Crippen molar-refractivity contribution >= 4 is 11.0 Å². The topological polar surface area (TPSA) is 56.1 Å². The second-order valence-corrected chi connectivity index (χ2v) is 7.21. The van der Waals surface area contributed by atoms with Gasteiger partial charge in [-0.1, -0.05) is 12.5 Å². The van der Waals surface area contributed by atoms with Gasteiger partial charge in [-0.05, 0) is 30.5 Å². The van der Waals surface area contributed by atoms with Crippen molar-refractivity contribution in [3.05, 3.63) is 36.4 Å². The van der Waals surface area contributed by atoms with Crippen LogP contribution in [0.1, 0.15) is 25.1 Å².